The summed E-state index contributed by atoms with van der Waals surface area (Å²) in [6.45, 7) is 10.1. The molecule has 28 heavy (non-hydrogen) atoms. The van der Waals surface area contributed by atoms with Crippen LogP contribution < -0.4 is 4.74 Å². The van der Waals surface area contributed by atoms with Crippen LogP contribution >= 0.6 is 0 Å². The van der Waals surface area contributed by atoms with Crippen molar-refractivity contribution in [3.8, 4) is 5.75 Å². The molecule has 1 aliphatic heterocycles. The van der Waals surface area contributed by atoms with Crippen LogP contribution in [0.4, 0.5) is 0 Å². The quantitative estimate of drug-likeness (QED) is 0.712. The number of piperidine rings is 1. The molecule has 1 aliphatic rings. The molecule has 0 aliphatic carbocycles. The molecular weight excluding hydrogens is 346 g/mol. The first-order chi connectivity index (χ1) is 13.3. The number of nitrogens with zero attached hydrogens (tertiary/aromatic N) is 1. The van der Waals surface area contributed by atoms with Gasteiger partial charge in [-0.05, 0) is 60.8 Å². The number of carbonyl (C=O) groups excluding carboxylic acids is 1. The standard InChI is InChI=1S/C25H33NO2/c1-19(28-23-12-10-22(11-13-23)25(2,3)4)24(27)26-16-14-21(15-17-26)18-20-8-6-5-7-9-20/h5-13,19,21H,14-18H2,1-4H3/t19-/m1/s1. The summed E-state index contributed by atoms with van der Waals surface area (Å²) >= 11 is 0. The van der Waals surface area contributed by atoms with Gasteiger partial charge in [-0.2, -0.15) is 0 Å². The smallest absolute Gasteiger partial charge is 0.263 e. The topological polar surface area (TPSA) is 29.5 Å². The average Bonchev–Trinajstić information content (AvgIpc) is 2.68. The first-order valence-corrected chi connectivity index (χ1v) is 10.4. The number of hydrogen-bond acceptors (Lipinski definition) is 2. The molecule has 2 aromatic carbocycles. The summed E-state index contributed by atoms with van der Waals surface area (Å²) in [6.07, 6.45) is 2.78. The minimum Gasteiger partial charge on any atom is -0.481 e. The Morgan fingerprint density at radius 3 is 2.21 bits per heavy atom. The van der Waals surface area contributed by atoms with Crippen LogP contribution in [0.3, 0.4) is 0 Å². The SMILES string of the molecule is C[C@@H](Oc1ccc(C(C)(C)C)cc1)C(=O)N1CCC(Cc2ccccc2)CC1. The van der Waals surface area contributed by atoms with Crippen molar-refractivity contribution < 1.29 is 9.53 Å². The molecule has 0 radical (unpaired) electrons. The molecule has 0 N–H and O–H groups in total. The van der Waals surface area contributed by atoms with E-state index in [1.165, 1.54) is 11.1 Å². The van der Waals surface area contributed by atoms with Gasteiger partial charge in [0.1, 0.15) is 5.75 Å². The van der Waals surface area contributed by atoms with Gasteiger partial charge in [0.15, 0.2) is 6.10 Å². The van der Waals surface area contributed by atoms with Crippen LogP contribution in [-0.2, 0) is 16.6 Å². The molecule has 150 valence electrons. The third-order valence-electron chi connectivity index (χ3n) is 5.67. The van der Waals surface area contributed by atoms with Gasteiger partial charge in [-0.3, -0.25) is 4.79 Å². The summed E-state index contributed by atoms with van der Waals surface area (Å²) in [7, 11) is 0. The van der Waals surface area contributed by atoms with Crippen LogP contribution in [0.5, 0.6) is 5.75 Å². The van der Waals surface area contributed by atoms with Crippen molar-refractivity contribution in [3.05, 3.63) is 65.7 Å². The molecule has 1 amide bonds. The van der Waals surface area contributed by atoms with E-state index in [1.54, 1.807) is 0 Å². The molecule has 0 saturated carbocycles. The number of rotatable bonds is 5. The highest BCUT2D eigenvalue weighted by molar-refractivity contribution is 5.81. The van der Waals surface area contributed by atoms with Crippen LogP contribution in [0, 0.1) is 5.92 Å². The maximum Gasteiger partial charge on any atom is 0.263 e. The third-order valence-corrected chi connectivity index (χ3v) is 5.67. The van der Waals surface area contributed by atoms with Crippen molar-refractivity contribution in [1.82, 2.24) is 4.90 Å². The summed E-state index contributed by atoms with van der Waals surface area (Å²) in [5.41, 5.74) is 2.77. The van der Waals surface area contributed by atoms with Gasteiger partial charge in [-0.15, -0.1) is 0 Å². The Labute approximate surface area is 169 Å². The van der Waals surface area contributed by atoms with Crippen LogP contribution in [0.2, 0.25) is 0 Å². The van der Waals surface area contributed by atoms with Gasteiger partial charge in [0.25, 0.3) is 5.91 Å². The molecule has 3 heteroatoms. The monoisotopic (exact) mass is 379 g/mol. The number of likely N-dealkylation sites (tertiary alicyclic amines) is 1. The second kappa shape index (κ2) is 8.81. The van der Waals surface area contributed by atoms with Crippen LogP contribution in [-0.4, -0.2) is 30.0 Å². The maximum atomic E-state index is 12.8. The van der Waals surface area contributed by atoms with Gasteiger partial charge in [0.2, 0.25) is 0 Å². The molecule has 1 atom stereocenters. The Kier molecular flexibility index (Phi) is 6.43. The van der Waals surface area contributed by atoms with E-state index in [9.17, 15) is 4.79 Å². The van der Waals surface area contributed by atoms with Gasteiger partial charge in [0.05, 0.1) is 0 Å². The van der Waals surface area contributed by atoms with E-state index in [0.29, 0.717) is 5.92 Å². The second-order valence-electron chi connectivity index (χ2n) is 8.99. The van der Waals surface area contributed by atoms with E-state index >= 15 is 0 Å². The third kappa shape index (κ3) is 5.37. The Morgan fingerprint density at radius 2 is 1.64 bits per heavy atom. The number of carbonyl (C=O) groups is 1. The van der Waals surface area contributed by atoms with Crippen molar-refractivity contribution in [3.63, 3.8) is 0 Å². The lowest BCUT2D eigenvalue weighted by molar-refractivity contribution is -0.139. The number of hydrogen-bond donors (Lipinski definition) is 0. The van der Waals surface area contributed by atoms with Crippen molar-refractivity contribution >= 4 is 5.91 Å². The van der Waals surface area contributed by atoms with Crippen LogP contribution in [0.25, 0.3) is 0 Å². The fourth-order valence-electron chi connectivity index (χ4n) is 3.85. The van der Waals surface area contributed by atoms with Crippen molar-refractivity contribution in [2.24, 2.45) is 5.92 Å². The van der Waals surface area contributed by atoms with Gasteiger partial charge >= 0.3 is 0 Å². The molecule has 1 saturated heterocycles. The summed E-state index contributed by atoms with van der Waals surface area (Å²) in [5, 5.41) is 0. The molecule has 0 aromatic heterocycles. The number of benzene rings is 2. The zero-order valence-electron chi connectivity index (χ0n) is 17.7. The highest BCUT2D eigenvalue weighted by Crippen LogP contribution is 2.26. The van der Waals surface area contributed by atoms with Crippen molar-refractivity contribution in [2.75, 3.05) is 13.1 Å². The lowest BCUT2D eigenvalue weighted by Gasteiger charge is -2.33. The highest BCUT2D eigenvalue weighted by atomic mass is 16.5. The molecule has 0 spiro atoms. The number of ether oxygens (including phenoxy) is 1. The Bertz CT molecular complexity index is 753. The molecule has 1 heterocycles. The average molecular weight is 380 g/mol. The predicted molar refractivity (Wildman–Crippen MR) is 115 cm³/mol. The van der Waals surface area contributed by atoms with Gasteiger partial charge < -0.3 is 9.64 Å². The molecule has 3 rings (SSSR count). The highest BCUT2D eigenvalue weighted by Gasteiger charge is 2.27. The van der Waals surface area contributed by atoms with E-state index in [-0.39, 0.29) is 11.3 Å². The first kappa shape index (κ1) is 20.4. The van der Waals surface area contributed by atoms with Crippen LogP contribution in [0.1, 0.15) is 51.7 Å². The van der Waals surface area contributed by atoms with Gasteiger partial charge in [-0.1, -0.05) is 63.2 Å². The summed E-state index contributed by atoms with van der Waals surface area (Å²) < 4.78 is 5.93. The Hall–Kier alpha value is -2.29. The summed E-state index contributed by atoms with van der Waals surface area (Å²) in [5.74, 6) is 1.51. The van der Waals surface area contributed by atoms with Crippen molar-refractivity contribution in [2.45, 2.75) is 58.5 Å². The van der Waals surface area contributed by atoms with Gasteiger partial charge in [0, 0.05) is 13.1 Å². The van der Waals surface area contributed by atoms with E-state index in [4.69, 9.17) is 4.74 Å². The van der Waals surface area contributed by atoms with Crippen molar-refractivity contribution in [1.29, 1.82) is 0 Å². The lowest BCUT2D eigenvalue weighted by atomic mass is 9.87. The second-order valence-corrected chi connectivity index (χ2v) is 8.99. The van der Waals surface area contributed by atoms with E-state index in [0.717, 1.165) is 38.1 Å². The molecule has 2 aromatic rings. The normalized spacial score (nSPS) is 16.6. The molecule has 0 unspecified atom stereocenters. The predicted octanol–water partition coefficient (Wildman–Crippen LogP) is 5.23. The van der Waals surface area contributed by atoms with E-state index < -0.39 is 6.10 Å². The number of amides is 1. The summed E-state index contributed by atoms with van der Waals surface area (Å²) in [4.78, 5) is 14.8. The lowest BCUT2D eigenvalue weighted by Crippen LogP contribution is -2.45. The molecule has 0 bridgehead atoms. The Morgan fingerprint density at radius 1 is 1.04 bits per heavy atom. The van der Waals surface area contributed by atoms with E-state index in [1.807, 2.05) is 24.0 Å². The van der Waals surface area contributed by atoms with Crippen LogP contribution in [0.15, 0.2) is 54.6 Å². The zero-order chi connectivity index (χ0) is 20.1. The fourth-order valence-corrected chi connectivity index (χ4v) is 3.85. The fraction of sp³-hybridized carbons (Fsp3) is 0.480. The Balaban J connectivity index is 1.49. The molecular formula is C25H33NO2. The first-order valence-electron chi connectivity index (χ1n) is 10.4. The molecule has 1 fully saturated rings. The summed E-state index contributed by atoms with van der Waals surface area (Å²) in [6, 6.07) is 18.7. The maximum absolute atomic E-state index is 12.8. The zero-order valence-corrected chi connectivity index (χ0v) is 17.7. The minimum atomic E-state index is -0.453. The minimum absolute atomic E-state index is 0.0954. The largest absolute Gasteiger partial charge is 0.481 e. The van der Waals surface area contributed by atoms with Gasteiger partial charge in [-0.25, -0.2) is 0 Å². The van der Waals surface area contributed by atoms with E-state index in [2.05, 4.69) is 63.2 Å². The molecule has 3 nitrogen and oxygen atoms in total.